The van der Waals surface area contributed by atoms with Gasteiger partial charge in [-0.1, -0.05) is 194 Å². The van der Waals surface area contributed by atoms with E-state index in [1.54, 1.807) is 0 Å². The average Bonchev–Trinajstić information content (AvgIpc) is 3.29. The first-order valence-corrected chi connectivity index (χ1v) is 18.9. The van der Waals surface area contributed by atoms with Crippen LogP contribution in [0.25, 0.3) is 100 Å². The minimum atomic E-state index is 0.630. The van der Waals surface area contributed by atoms with Crippen molar-refractivity contribution in [3.05, 3.63) is 212 Å². The molecule has 3 heteroatoms. The molecule has 0 spiro atoms. The zero-order valence-electron chi connectivity index (χ0n) is 30.5. The second-order valence-electron chi connectivity index (χ2n) is 14.1. The fourth-order valence-corrected chi connectivity index (χ4v) is 7.56. The molecule has 0 saturated carbocycles. The molecular formula is C53H35N3. The van der Waals surface area contributed by atoms with Gasteiger partial charge in [-0.3, -0.25) is 0 Å². The van der Waals surface area contributed by atoms with Gasteiger partial charge in [0.05, 0.1) is 0 Å². The number of fused-ring (bicyclic) bond motifs is 2. The summed E-state index contributed by atoms with van der Waals surface area (Å²) in [4.78, 5) is 15.3. The molecule has 0 N–H and O–H groups in total. The van der Waals surface area contributed by atoms with Crippen molar-refractivity contribution in [1.82, 2.24) is 15.0 Å². The highest BCUT2D eigenvalue weighted by Gasteiger charge is 2.15. The summed E-state index contributed by atoms with van der Waals surface area (Å²) in [5, 5.41) is 4.79. The van der Waals surface area contributed by atoms with Crippen molar-refractivity contribution in [1.29, 1.82) is 0 Å². The molecule has 1 heterocycles. The first-order chi connectivity index (χ1) is 27.7. The highest BCUT2D eigenvalue weighted by Crippen LogP contribution is 2.34. The zero-order valence-corrected chi connectivity index (χ0v) is 30.5. The average molecular weight is 714 g/mol. The molecule has 0 aliphatic rings. The van der Waals surface area contributed by atoms with Crippen molar-refractivity contribution >= 4 is 21.5 Å². The zero-order chi connectivity index (χ0) is 37.3. The van der Waals surface area contributed by atoms with Gasteiger partial charge in [-0.15, -0.1) is 0 Å². The van der Waals surface area contributed by atoms with E-state index in [2.05, 4.69) is 200 Å². The van der Waals surface area contributed by atoms with E-state index in [0.717, 1.165) is 38.8 Å². The first-order valence-electron chi connectivity index (χ1n) is 18.9. The predicted octanol–water partition coefficient (Wildman–Crippen LogP) is 13.8. The van der Waals surface area contributed by atoms with E-state index in [4.69, 9.17) is 15.0 Å². The lowest BCUT2D eigenvalue weighted by molar-refractivity contribution is 1.07. The third-order valence-electron chi connectivity index (χ3n) is 10.5. The number of rotatable bonds is 7. The van der Waals surface area contributed by atoms with Crippen molar-refractivity contribution in [3.8, 4) is 78.7 Å². The van der Waals surface area contributed by atoms with E-state index >= 15 is 0 Å². The van der Waals surface area contributed by atoms with Gasteiger partial charge in [-0.2, -0.15) is 0 Å². The van der Waals surface area contributed by atoms with Gasteiger partial charge in [0.1, 0.15) is 0 Å². The van der Waals surface area contributed by atoms with E-state index in [1.165, 1.54) is 44.0 Å². The summed E-state index contributed by atoms with van der Waals surface area (Å²) in [6, 6.07) is 74.8. The molecule has 0 fully saturated rings. The van der Waals surface area contributed by atoms with Crippen LogP contribution >= 0.6 is 0 Å². The van der Waals surface area contributed by atoms with Gasteiger partial charge in [0.15, 0.2) is 17.5 Å². The van der Waals surface area contributed by atoms with Gasteiger partial charge in [0.2, 0.25) is 0 Å². The lowest BCUT2D eigenvalue weighted by Crippen LogP contribution is -2.00. The number of hydrogen-bond donors (Lipinski definition) is 0. The van der Waals surface area contributed by atoms with Crippen molar-refractivity contribution < 1.29 is 0 Å². The third kappa shape index (κ3) is 6.52. The van der Waals surface area contributed by atoms with Crippen molar-refractivity contribution in [3.63, 3.8) is 0 Å². The summed E-state index contributed by atoms with van der Waals surface area (Å²) in [5.74, 6) is 1.90. The molecule has 0 amide bonds. The van der Waals surface area contributed by atoms with Crippen LogP contribution < -0.4 is 0 Å². The Kier molecular flexibility index (Phi) is 8.51. The Morgan fingerprint density at radius 3 is 1.30 bits per heavy atom. The summed E-state index contributed by atoms with van der Waals surface area (Å²) in [6.45, 7) is 0. The van der Waals surface area contributed by atoms with Crippen LogP contribution in [-0.4, -0.2) is 15.0 Å². The van der Waals surface area contributed by atoms with E-state index < -0.39 is 0 Å². The normalized spacial score (nSPS) is 11.2. The second kappa shape index (κ2) is 14.4. The van der Waals surface area contributed by atoms with Crippen LogP contribution in [0.1, 0.15) is 0 Å². The molecule has 0 radical (unpaired) electrons. The highest BCUT2D eigenvalue weighted by atomic mass is 15.0. The van der Waals surface area contributed by atoms with Crippen LogP contribution in [0.4, 0.5) is 0 Å². The summed E-state index contributed by atoms with van der Waals surface area (Å²) in [7, 11) is 0. The highest BCUT2D eigenvalue weighted by molar-refractivity contribution is 5.97. The molecule has 0 saturated heterocycles. The van der Waals surface area contributed by atoms with E-state index in [-0.39, 0.29) is 0 Å². The second-order valence-corrected chi connectivity index (χ2v) is 14.1. The van der Waals surface area contributed by atoms with Crippen LogP contribution in [0.3, 0.4) is 0 Å². The molecule has 56 heavy (non-hydrogen) atoms. The Morgan fingerprint density at radius 1 is 0.214 bits per heavy atom. The standard InChI is InChI=1S/C53H35N3/c1-3-11-36(12-4-1)38-23-27-42(28-24-38)51-54-52(56-53(55-51)48-32-31-45-33-44(29-30-46(45)35-48)37-13-5-2-6-14-37)47-18-9-17-43(34-47)39-21-25-41(26-22-39)50-20-10-16-40-15-7-8-19-49(40)50/h1-35H. The molecular weight excluding hydrogens is 679 g/mol. The molecule has 3 nitrogen and oxygen atoms in total. The Hall–Kier alpha value is -7.49. The quantitative estimate of drug-likeness (QED) is 0.165. The monoisotopic (exact) mass is 713 g/mol. The van der Waals surface area contributed by atoms with Gasteiger partial charge < -0.3 is 0 Å². The SMILES string of the molecule is c1ccc(-c2ccc(-c3nc(-c4cccc(-c5ccc(-c6cccc7ccccc67)cc5)c4)nc(-c4ccc5cc(-c6ccccc6)ccc5c4)n3)cc2)cc1. The van der Waals surface area contributed by atoms with Crippen LogP contribution in [-0.2, 0) is 0 Å². The van der Waals surface area contributed by atoms with E-state index in [0.29, 0.717) is 17.5 Å². The molecule has 10 rings (SSSR count). The summed E-state index contributed by atoms with van der Waals surface area (Å²) < 4.78 is 0. The lowest BCUT2D eigenvalue weighted by Gasteiger charge is -2.11. The minimum Gasteiger partial charge on any atom is -0.208 e. The third-order valence-corrected chi connectivity index (χ3v) is 10.5. The molecule has 1 aromatic heterocycles. The summed E-state index contributed by atoms with van der Waals surface area (Å²) >= 11 is 0. The Bertz CT molecular complexity index is 2990. The van der Waals surface area contributed by atoms with Crippen molar-refractivity contribution in [2.24, 2.45) is 0 Å². The van der Waals surface area contributed by atoms with Gasteiger partial charge in [0, 0.05) is 16.7 Å². The maximum absolute atomic E-state index is 5.13. The van der Waals surface area contributed by atoms with Gasteiger partial charge in [-0.05, 0) is 84.3 Å². The van der Waals surface area contributed by atoms with E-state index in [1.807, 2.05) is 12.1 Å². The van der Waals surface area contributed by atoms with Crippen LogP contribution in [0.15, 0.2) is 212 Å². The van der Waals surface area contributed by atoms with E-state index in [9.17, 15) is 0 Å². The van der Waals surface area contributed by atoms with Crippen molar-refractivity contribution in [2.75, 3.05) is 0 Å². The molecule has 262 valence electrons. The number of nitrogens with zero attached hydrogens (tertiary/aromatic N) is 3. The van der Waals surface area contributed by atoms with Crippen molar-refractivity contribution in [2.45, 2.75) is 0 Å². The molecule has 0 aliphatic carbocycles. The maximum atomic E-state index is 5.13. The fraction of sp³-hybridized carbons (Fsp3) is 0. The smallest absolute Gasteiger partial charge is 0.164 e. The predicted molar refractivity (Wildman–Crippen MR) is 233 cm³/mol. The molecule has 9 aromatic carbocycles. The first kappa shape index (κ1) is 33.1. The van der Waals surface area contributed by atoms with Gasteiger partial charge in [0.25, 0.3) is 0 Å². The molecule has 0 unspecified atom stereocenters. The lowest BCUT2D eigenvalue weighted by atomic mass is 9.96. The molecule has 0 aliphatic heterocycles. The Morgan fingerprint density at radius 2 is 0.607 bits per heavy atom. The van der Waals surface area contributed by atoms with Gasteiger partial charge in [-0.25, -0.2) is 15.0 Å². The number of aromatic nitrogens is 3. The largest absolute Gasteiger partial charge is 0.208 e. The minimum absolute atomic E-state index is 0.630. The molecule has 10 aromatic rings. The molecule has 0 atom stereocenters. The van der Waals surface area contributed by atoms with Crippen LogP contribution in [0, 0.1) is 0 Å². The van der Waals surface area contributed by atoms with Crippen LogP contribution in [0.2, 0.25) is 0 Å². The topological polar surface area (TPSA) is 38.7 Å². The number of hydrogen-bond acceptors (Lipinski definition) is 3. The van der Waals surface area contributed by atoms with Crippen LogP contribution in [0.5, 0.6) is 0 Å². The number of benzene rings is 9. The Balaban J connectivity index is 1.04. The Labute approximate surface area is 326 Å². The maximum Gasteiger partial charge on any atom is 0.164 e. The summed E-state index contributed by atoms with van der Waals surface area (Å²) in [6.07, 6.45) is 0. The van der Waals surface area contributed by atoms with Gasteiger partial charge >= 0.3 is 0 Å². The molecule has 0 bridgehead atoms. The fourth-order valence-electron chi connectivity index (χ4n) is 7.56. The summed E-state index contributed by atoms with van der Waals surface area (Å²) in [5.41, 5.74) is 12.2.